The second-order valence-electron chi connectivity index (χ2n) is 7.87. The molecule has 1 saturated heterocycles. The molecule has 0 unspecified atom stereocenters. The lowest BCUT2D eigenvalue weighted by atomic mass is 9.89. The van der Waals surface area contributed by atoms with Crippen LogP contribution in [0.3, 0.4) is 0 Å². The van der Waals surface area contributed by atoms with E-state index in [1.54, 1.807) is 6.20 Å². The van der Waals surface area contributed by atoms with Gasteiger partial charge in [-0.2, -0.15) is 5.10 Å². The Bertz CT molecular complexity index is 1060. The highest BCUT2D eigenvalue weighted by molar-refractivity contribution is 6.30. The highest BCUT2D eigenvalue weighted by Crippen LogP contribution is 2.35. The predicted octanol–water partition coefficient (Wildman–Crippen LogP) is 3.91. The minimum Gasteiger partial charge on any atom is -0.347 e. The first-order valence-electron chi connectivity index (χ1n) is 10.0. The molecule has 3 heterocycles. The Morgan fingerprint density at radius 2 is 2.13 bits per heavy atom. The topological polar surface area (TPSA) is 78.0 Å². The molecule has 30 heavy (non-hydrogen) atoms. The molecule has 1 fully saturated rings. The Balaban J connectivity index is 1.70. The summed E-state index contributed by atoms with van der Waals surface area (Å²) in [6.45, 7) is 3.21. The van der Waals surface area contributed by atoms with Crippen molar-refractivity contribution < 1.29 is 4.79 Å². The monoisotopic (exact) mass is 424 g/mol. The molecule has 3 aromatic rings. The van der Waals surface area contributed by atoms with Gasteiger partial charge < -0.3 is 9.80 Å². The Labute approximate surface area is 181 Å². The van der Waals surface area contributed by atoms with Gasteiger partial charge in [0, 0.05) is 55.6 Å². The molecular weight excluding hydrogens is 400 g/mol. The summed E-state index contributed by atoms with van der Waals surface area (Å²) in [5.74, 6) is 0.785. The van der Waals surface area contributed by atoms with Crippen LogP contribution >= 0.6 is 11.6 Å². The third-order valence-electron chi connectivity index (χ3n) is 5.50. The van der Waals surface area contributed by atoms with Crippen molar-refractivity contribution in [3.8, 4) is 11.1 Å². The Hall–Kier alpha value is -2.93. The molecule has 1 aliphatic rings. The van der Waals surface area contributed by atoms with Gasteiger partial charge in [-0.1, -0.05) is 23.7 Å². The second-order valence-corrected chi connectivity index (χ2v) is 8.31. The number of halogens is 1. The number of piperidine rings is 1. The van der Waals surface area contributed by atoms with Crippen LogP contribution in [0.25, 0.3) is 11.1 Å². The fourth-order valence-electron chi connectivity index (χ4n) is 3.91. The third kappa shape index (κ3) is 4.03. The molecule has 0 bridgehead atoms. The minimum absolute atomic E-state index is 0.0112. The molecule has 1 aliphatic heterocycles. The van der Waals surface area contributed by atoms with Crippen LogP contribution in [0.15, 0.2) is 36.7 Å². The summed E-state index contributed by atoms with van der Waals surface area (Å²) in [6.07, 6.45) is 5.35. The maximum atomic E-state index is 13.0. The minimum atomic E-state index is 0.0112. The van der Waals surface area contributed by atoms with Crippen molar-refractivity contribution in [2.45, 2.75) is 25.7 Å². The van der Waals surface area contributed by atoms with Crippen molar-refractivity contribution in [3.63, 3.8) is 0 Å². The van der Waals surface area contributed by atoms with Crippen LogP contribution in [0, 0.1) is 6.92 Å². The number of aromatic amines is 1. The summed E-state index contributed by atoms with van der Waals surface area (Å²) in [7, 11) is 3.85. The summed E-state index contributed by atoms with van der Waals surface area (Å²) in [5, 5.41) is 7.52. The van der Waals surface area contributed by atoms with E-state index >= 15 is 0 Å². The van der Waals surface area contributed by atoms with Gasteiger partial charge >= 0.3 is 0 Å². The van der Waals surface area contributed by atoms with Crippen LogP contribution < -0.4 is 4.90 Å². The number of aromatic nitrogens is 4. The number of nitrogens with one attached hydrogen (secondary N) is 1. The van der Waals surface area contributed by atoms with Gasteiger partial charge in [0.05, 0.1) is 17.5 Å². The van der Waals surface area contributed by atoms with Crippen molar-refractivity contribution in [3.05, 3.63) is 58.6 Å². The number of amides is 1. The van der Waals surface area contributed by atoms with Crippen LogP contribution in [-0.4, -0.2) is 58.2 Å². The van der Waals surface area contributed by atoms with Gasteiger partial charge in [0.1, 0.15) is 0 Å². The zero-order valence-electron chi connectivity index (χ0n) is 17.4. The molecule has 1 atom stereocenters. The SMILES string of the molecule is Cc1[nH]ncc1C(=O)N1CCC[C@@H](c2nc(N(C)C)ncc2-c2cccc(Cl)c2)C1. The Morgan fingerprint density at radius 1 is 1.30 bits per heavy atom. The van der Waals surface area contributed by atoms with E-state index in [4.69, 9.17) is 16.6 Å². The number of nitrogens with zero attached hydrogens (tertiary/aromatic N) is 5. The third-order valence-corrected chi connectivity index (χ3v) is 5.73. The van der Waals surface area contributed by atoms with Gasteiger partial charge in [-0.15, -0.1) is 0 Å². The van der Waals surface area contributed by atoms with E-state index in [2.05, 4.69) is 15.2 Å². The summed E-state index contributed by atoms with van der Waals surface area (Å²) in [4.78, 5) is 26.3. The number of carbonyl (C=O) groups is 1. The van der Waals surface area contributed by atoms with Crippen molar-refractivity contribution >= 4 is 23.5 Å². The highest BCUT2D eigenvalue weighted by atomic mass is 35.5. The first-order valence-corrected chi connectivity index (χ1v) is 10.4. The first-order chi connectivity index (χ1) is 14.4. The van der Waals surface area contributed by atoms with Crippen LogP contribution in [0.5, 0.6) is 0 Å². The van der Waals surface area contributed by atoms with Crippen molar-refractivity contribution in [1.82, 2.24) is 25.1 Å². The smallest absolute Gasteiger partial charge is 0.257 e. The van der Waals surface area contributed by atoms with E-state index in [1.807, 2.05) is 61.3 Å². The van der Waals surface area contributed by atoms with Crippen LogP contribution in [0.4, 0.5) is 5.95 Å². The number of likely N-dealkylation sites (tertiary alicyclic amines) is 1. The average Bonchev–Trinajstić information content (AvgIpc) is 3.18. The van der Waals surface area contributed by atoms with E-state index in [1.165, 1.54) is 0 Å². The summed E-state index contributed by atoms with van der Waals surface area (Å²) in [5.41, 5.74) is 4.32. The van der Waals surface area contributed by atoms with Crippen molar-refractivity contribution in [2.24, 2.45) is 0 Å². The summed E-state index contributed by atoms with van der Waals surface area (Å²) < 4.78 is 0. The molecule has 7 nitrogen and oxygen atoms in total. The van der Waals surface area contributed by atoms with Gasteiger partial charge in [-0.25, -0.2) is 9.97 Å². The van der Waals surface area contributed by atoms with Gasteiger partial charge in [-0.05, 0) is 37.5 Å². The molecule has 4 rings (SSSR count). The molecule has 1 N–H and O–H groups in total. The maximum absolute atomic E-state index is 13.0. The fourth-order valence-corrected chi connectivity index (χ4v) is 4.10. The zero-order chi connectivity index (χ0) is 21.3. The van der Waals surface area contributed by atoms with Gasteiger partial charge in [0.15, 0.2) is 0 Å². The lowest BCUT2D eigenvalue weighted by molar-refractivity contribution is 0.0705. The molecule has 0 aliphatic carbocycles. The molecule has 2 aromatic heterocycles. The molecule has 156 valence electrons. The fraction of sp³-hybridized carbons (Fsp3) is 0.364. The normalized spacial score (nSPS) is 16.5. The standard InChI is InChI=1S/C22H25ClN6O/c1-14-18(12-25-27-14)21(30)29-9-5-7-16(13-29)20-19(11-24-22(26-20)28(2)3)15-6-4-8-17(23)10-15/h4,6,8,10-12,16H,5,7,9,13H2,1-3H3,(H,25,27)/t16-/m1/s1. The van der Waals surface area contributed by atoms with Crippen LogP contribution in [-0.2, 0) is 0 Å². The van der Waals surface area contributed by atoms with Crippen LogP contribution in [0.2, 0.25) is 5.02 Å². The lowest BCUT2D eigenvalue weighted by Gasteiger charge is -2.33. The number of benzene rings is 1. The highest BCUT2D eigenvalue weighted by Gasteiger charge is 2.29. The maximum Gasteiger partial charge on any atom is 0.257 e. The summed E-state index contributed by atoms with van der Waals surface area (Å²) in [6, 6.07) is 7.73. The molecule has 1 aromatic carbocycles. The first kappa shape index (κ1) is 20.3. The molecule has 0 saturated carbocycles. The van der Waals surface area contributed by atoms with Crippen molar-refractivity contribution in [2.75, 3.05) is 32.1 Å². The molecular formula is C22H25ClN6O. The lowest BCUT2D eigenvalue weighted by Crippen LogP contribution is -2.39. The zero-order valence-corrected chi connectivity index (χ0v) is 18.1. The van der Waals surface area contributed by atoms with E-state index < -0.39 is 0 Å². The average molecular weight is 425 g/mol. The second kappa shape index (κ2) is 8.44. The quantitative estimate of drug-likeness (QED) is 0.686. The molecule has 0 spiro atoms. The number of anilines is 1. The van der Waals surface area contributed by atoms with E-state index in [-0.39, 0.29) is 11.8 Å². The van der Waals surface area contributed by atoms with Crippen LogP contribution in [0.1, 0.15) is 40.5 Å². The number of hydrogen-bond acceptors (Lipinski definition) is 5. The molecule has 0 radical (unpaired) electrons. The summed E-state index contributed by atoms with van der Waals surface area (Å²) >= 11 is 6.24. The Morgan fingerprint density at radius 3 is 2.83 bits per heavy atom. The molecule has 8 heteroatoms. The van der Waals surface area contributed by atoms with Gasteiger partial charge in [0.2, 0.25) is 5.95 Å². The van der Waals surface area contributed by atoms with E-state index in [0.29, 0.717) is 23.1 Å². The van der Waals surface area contributed by atoms with Gasteiger partial charge in [-0.3, -0.25) is 9.89 Å². The number of carbonyl (C=O) groups excluding carboxylic acids is 1. The van der Waals surface area contributed by atoms with Crippen molar-refractivity contribution in [1.29, 1.82) is 0 Å². The van der Waals surface area contributed by atoms with E-state index in [9.17, 15) is 4.79 Å². The number of rotatable bonds is 4. The predicted molar refractivity (Wildman–Crippen MR) is 118 cm³/mol. The largest absolute Gasteiger partial charge is 0.347 e. The Kier molecular flexibility index (Phi) is 5.72. The number of aryl methyl sites for hydroxylation is 1. The van der Waals surface area contributed by atoms with Gasteiger partial charge in [0.25, 0.3) is 5.91 Å². The number of hydrogen-bond donors (Lipinski definition) is 1. The van der Waals surface area contributed by atoms with E-state index in [0.717, 1.165) is 41.9 Å². The number of H-pyrrole nitrogens is 1. The molecule has 1 amide bonds.